The predicted octanol–water partition coefficient (Wildman–Crippen LogP) is 13.3. The monoisotopic (exact) mass is 652 g/mol. The van der Waals surface area contributed by atoms with Crippen LogP contribution in [0.5, 0.6) is 0 Å². The molecule has 0 atom stereocenters. The topological polar surface area (TPSA) is 17.8 Å². The third-order valence-electron chi connectivity index (χ3n) is 10.3. The summed E-state index contributed by atoms with van der Waals surface area (Å²) in [5.74, 6) is 0. The number of thiophene rings is 1. The van der Waals surface area contributed by atoms with Gasteiger partial charge in [-0.25, -0.2) is 4.98 Å². The second kappa shape index (κ2) is 10.6. The first kappa shape index (κ1) is 27.6. The summed E-state index contributed by atoms with van der Waals surface area (Å²) in [6.07, 6.45) is 0. The van der Waals surface area contributed by atoms with Gasteiger partial charge in [0.05, 0.1) is 27.9 Å². The summed E-state index contributed by atoms with van der Waals surface area (Å²) >= 11 is 1.87. The molecule has 0 aliphatic heterocycles. The van der Waals surface area contributed by atoms with Gasteiger partial charge in [0.25, 0.3) is 0 Å². The highest BCUT2D eigenvalue weighted by atomic mass is 32.1. The lowest BCUT2D eigenvalue weighted by Crippen LogP contribution is -1.97. The van der Waals surface area contributed by atoms with Crippen LogP contribution in [0.25, 0.3) is 102 Å². The number of hydrogen-bond donors (Lipinski definition) is 0. The molecule has 0 saturated carbocycles. The Labute approximate surface area is 292 Å². The molecule has 0 aliphatic rings. The molecule has 0 N–H and O–H groups in total. The van der Waals surface area contributed by atoms with Crippen molar-refractivity contribution in [2.24, 2.45) is 0 Å². The van der Waals surface area contributed by atoms with E-state index in [-0.39, 0.29) is 0 Å². The Balaban J connectivity index is 1.25. The first-order valence-corrected chi connectivity index (χ1v) is 17.9. The zero-order valence-corrected chi connectivity index (χ0v) is 27.8. The highest BCUT2D eigenvalue weighted by molar-refractivity contribution is 7.26. The van der Waals surface area contributed by atoms with E-state index in [1.807, 2.05) is 11.3 Å². The molecule has 3 heteroatoms. The van der Waals surface area contributed by atoms with Gasteiger partial charge in [0.2, 0.25) is 0 Å². The van der Waals surface area contributed by atoms with Crippen LogP contribution in [0, 0.1) is 0 Å². The maximum atomic E-state index is 5.23. The van der Waals surface area contributed by atoms with Crippen LogP contribution in [-0.4, -0.2) is 9.55 Å². The van der Waals surface area contributed by atoms with E-state index in [0.29, 0.717) is 0 Å². The summed E-state index contributed by atoms with van der Waals surface area (Å²) in [7, 11) is 0. The highest BCUT2D eigenvalue weighted by Crippen LogP contribution is 2.45. The zero-order valence-electron chi connectivity index (χ0n) is 27.0. The van der Waals surface area contributed by atoms with E-state index in [4.69, 9.17) is 4.98 Å². The lowest BCUT2D eigenvalue weighted by molar-refractivity contribution is 1.19. The fourth-order valence-corrected chi connectivity index (χ4v) is 9.21. The largest absolute Gasteiger partial charge is 0.309 e. The SMILES string of the molecule is c1ccc(-c2nc3ccccc3c3c2ccc2sc4ccc(-c5cc6ccccc6cc5-n5c6ccccc6c6ccccc65)cc4c23)cc1. The van der Waals surface area contributed by atoms with Crippen molar-refractivity contribution in [3.8, 4) is 28.1 Å². The molecule has 0 aliphatic carbocycles. The minimum absolute atomic E-state index is 1.02. The summed E-state index contributed by atoms with van der Waals surface area (Å²) < 4.78 is 5.04. The minimum atomic E-state index is 1.02. The molecule has 3 heterocycles. The van der Waals surface area contributed by atoms with Crippen LogP contribution < -0.4 is 0 Å². The van der Waals surface area contributed by atoms with Gasteiger partial charge in [-0.05, 0) is 64.9 Å². The van der Waals surface area contributed by atoms with Crippen LogP contribution in [0.3, 0.4) is 0 Å². The first-order valence-electron chi connectivity index (χ1n) is 17.0. The summed E-state index contributed by atoms with van der Waals surface area (Å²) in [4.78, 5) is 5.23. The molecular weight excluding hydrogens is 625 g/mol. The number of benzene rings is 8. The summed E-state index contributed by atoms with van der Waals surface area (Å²) in [6.45, 7) is 0. The Bertz CT molecular complexity index is 3100. The third-order valence-corrected chi connectivity index (χ3v) is 11.5. The fraction of sp³-hybridized carbons (Fsp3) is 0. The molecule has 3 aromatic heterocycles. The van der Waals surface area contributed by atoms with E-state index in [0.717, 1.165) is 16.8 Å². The Hall–Kier alpha value is -6.29. The number of hydrogen-bond acceptors (Lipinski definition) is 2. The predicted molar refractivity (Wildman–Crippen MR) is 215 cm³/mol. The van der Waals surface area contributed by atoms with E-state index >= 15 is 0 Å². The molecule has 0 spiro atoms. The summed E-state index contributed by atoms with van der Waals surface area (Å²) in [5, 5.41) is 11.2. The molecule has 0 radical (unpaired) electrons. The second-order valence-electron chi connectivity index (χ2n) is 13.1. The van der Waals surface area contributed by atoms with Crippen molar-refractivity contribution in [2.75, 3.05) is 0 Å². The second-order valence-corrected chi connectivity index (χ2v) is 14.2. The Kier molecular flexibility index (Phi) is 5.86. The average Bonchev–Trinajstić information content (AvgIpc) is 3.73. The minimum Gasteiger partial charge on any atom is -0.309 e. The molecule has 50 heavy (non-hydrogen) atoms. The van der Waals surface area contributed by atoms with Crippen molar-refractivity contribution in [1.29, 1.82) is 0 Å². The molecular formula is C47H28N2S. The Morgan fingerprint density at radius 1 is 0.420 bits per heavy atom. The van der Waals surface area contributed by atoms with Gasteiger partial charge in [-0.2, -0.15) is 0 Å². The maximum absolute atomic E-state index is 5.23. The summed E-state index contributed by atoms with van der Waals surface area (Å²) in [6, 6.07) is 61.9. The smallest absolute Gasteiger partial charge is 0.0788 e. The standard InChI is InChI=1S/C47H28N2S/c1-2-12-29(13-3-1)47-36-23-25-44-46(45(36)35-18-6-9-19-39(35)48-47)38-27-32(22-24-43(38)50-44)37-26-30-14-4-5-15-31(30)28-42(37)49-40-20-10-7-16-33(40)34-17-8-11-21-41(34)49/h1-28H. The zero-order chi connectivity index (χ0) is 32.8. The van der Waals surface area contributed by atoms with Gasteiger partial charge >= 0.3 is 0 Å². The van der Waals surface area contributed by atoms with Gasteiger partial charge in [-0.1, -0.05) is 121 Å². The average molecular weight is 653 g/mol. The van der Waals surface area contributed by atoms with E-state index in [1.54, 1.807) is 0 Å². The number of rotatable bonds is 3. The van der Waals surface area contributed by atoms with Crippen LogP contribution in [0.1, 0.15) is 0 Å². The van der Waals surface area contributed by atoms with Gasteiger partial charge in [0.15, 0.2) is 0 Å². The van der Waals surface area contributed by atoms with Crippen LogP contribution in [-0.2, 0) is 0 Å². The van der Waals surface area contributed by atoms with Crippen LogP contribution >= 0.6 is 11.3 Å². The van der Waals surface area contributed by atoms with Gasteiger partial charge in [0, 0.05) is 58.2 Å². The number of para-hydroxylation sites is 3. The quantitative estimate of drug-likeness (QED) is 0.174. The van der Waals surface area contributed by atoms with E-state index in [1.165, 1.54) is 85.7 Å². The van der Waals surface area contributed by atoms with E-state index in [9.17, 15) is 0 Å². The fourth-order valence-electron chi connectivity index (χ4n) is 8.12. The molecule has 0 unspecified atom stereocenters. The molecule has 0 bridgehead atoms. The number of aromatic nitrogens is 2. The Morgan fingerprint density at radius 3 is 1.84 bits per heavy atom. The van der Waals surface area contributed by atoms with E-state index in [2.05, 4.69) is 174 Å². The lowest BCUT2D eigenvalue weighted by Gasteiger charge is -2.16. The molecule has 0 amide bonds. The van der Waals surface area contributed by atoms with Crippen LogP contribution in [0.2, 0.25) is 0 Å². The van der Waals surface area contributed by atoms with Gasteiger partial charge in [0.1, 0.15) is 0 Å². The normalized spacial score (nSPS) is 12.0. The lowest BCUT2D eigenvalue weighted by atomic mass is 9.94. The number of fused-ring (bicyclic) bond motifs is 11. The third kappa shape index (κ3) is 3.98. The van der Waals surface area contributed by atoms with Gasteiger partial charge in [-0.3, -0.25) is 0 Å². The molecule has 8 aromatic carbocycles. The van der Waals surface area contributed by atoms with Gasteiger partial charge < -0.3 is 4.57 Å². The molecule has 0 fully saturated rings. The maximum Gasteiger partial charge on any atom is 0.0788 e. The van der Waals surface area contributed by atoms with Gasteiger partial charge in [-0.15, -0.1) is 11.3 Å². The van der Waals surface area contributed by atoms with Crippen LogP contribution in [0.4, 0.5) is 0 Å². The highest BCUT2D eigenvalue weighted by Gasteiger charge is 2.20. The number of nitrogens with zero attached hydrogens (tertiary/aromatic N) is 2. The summed E-state index contributed by atoms with van der Waals surface area (Å²) in [5.41, 5.74) is 9.22. The molecule has 2 nitrogen and oxygen atoms in total. The van der Waals surface area contributed by atoms with Crippen molar-refractivity contribution >= 4 is 85.8 Å². The van der Waals surface area contributed by atoms with Crippen molar-refractivity contribution in [3.05, 3.63) is 170 Å². The van der Waals surface area contributed by atoms with Crippen LogP contribution in [0.15, 0.2) is 170 Å². The molecule has 11 aromatic rings. The molecule has 232 valence electrons. The molecule has 11 rings (SSSR count). The molecule has 0 saturated heterocycles. The first-order chi connectivity index (χ1) is 24.8. The van der Waals surface area contributed by atoms with E-state index < -0.39 is 0 Å². The number of pyridine rings is 1. The van der Waals surface area contributed by atoms with Crippen molar-refractivity contribution in [2.45, 2.75) is 0 Å². The van der Waals surface area contributed by atoms with Crippen molar-refractivity contribution < 1.29 is 0 Å². The van der Waals surface area contributed by atoms with Crippen molar-refractivity contribution in [1.82, 2.24) is 9.55 Å². The van der Waals surface area contributed by atoms with Crippen molar-refractivity contribution in [3.63, 3.8) is 0 Å². The Morgan fingerprint density at radius 2 is 1.06 bits per heavy atom.